The number of fused-ring (bicyclic) bond motifs is 2. The molecule has 0 bridgehead atoms. The topological polar surface area (TPSA) is 62.2 Å². The number of hydrogen-bond donors (Lipinski definition) is 2. The van der Waals surface area contributed by atoms with Crippen molar-refractivity contribution < 1.29 is 4.79 Å². The van der Waals surface area contributed by atoms with Gasteiger partial charge in [-0.2, -0.15) is 0 Å². The van der Waals surface area contributed by atoms with E-state index >= 15 is 0 Å². The first-order valence-electron chi connectivity index (χ1n) is 12.1. The number of aryl methyl sites for hydroxylation is 2. The van der Waals surface area contributed by atoms with E-state index in [1.165, 1.54) is 16.8 Å². The van der Waals surface area contributed by atoms with E-state index in [-0.39, 0.29) is 18.0 Å². The number of aromatic nitrogens is 2. The first kappa shape index (κ1) is 21.7. The lowest BCUT2D eigenvalue weighted by atomic mass is 9.91. The third kappa shape index (κ3) is 4.40. The summed E-state index contributed by atoms with van der Waals surface area (Å²) in [6.07, 6.45) is 5.47. The Morgan fingerprint density at radius 3 is 2.79 bits per heavy atom. The Morgan fingerprint density at radius 1 is 1.15 bits per heavy atom. The molecular weight excluding hydrogens is 410 g/mol. The lowest BCUT2D eigenvalue weighted by Crippen LogP contribution is -2.44. The molecule has 172 valence electrons. The summed E-state index contributed by atoms with van der Waals surface area (Å²) in [5.41, 5.74) is 6.02. The fourth-order valence-corrected chi connectivity index (χ4v) is 5.20. The Morgan fingerprint density at radius 2 is 1.97 bits per heavy atom. The number of imidazole rings is 1. The maximum atomic E-state index is 12.6. The second kappa shape index (κ2) is 9.40. The van der Waals surface area contributed by atoms with Crippen molar-refractivity contribution in [3.63, 3.8) is 0 Å². The Hall–Kier alpha value is -3.12. The van der Waals surface area contributed by atoms with Crippen molar-refractivity contribution in [2.75, 3.05) is 16.8 Å². The van der Waals surface area contributed by atoms with Crippen molar-refractivity contribution in [2.45, 2.75) is 64.7 Å². The molecule has 2 atom stereocenters. The smallest absolute Gasteiger partial charge is 0.226 e. The van der Waals surface area contributed by atoms with E-state index in [0.717, 1.165) is 56.1 Å². The molecule has 2 N–H and O–H groups in total. The molecule has 6 heteroatoms. The monoisotopic (exact) mass is 443 g/mol. The molecule has 0 saturated heterocycles. The number of benzene rings is 2. The molecule has 0 fully saturated rings. The van der Waals surface area contributed by atoms with Crippen LogP contribution in [-0.4, -0.2) is 28.0 Å². The summed E-state index contributed by atoms with van der Waals surface area (Å²) in [7, 11) is 0. The summed E-state index contributed by atoms with van der Waals surface area (Å²) < 4.78 is 2.36. The van der Waals surface area contributed by atoms with Crippen molar-refractivity contribution in [2.24, 2.45) is 0 Å². The highest BCUT2D eigenvalue weighted by molar-refractivity contribution is 5.95. The quantitative estimate of drug-likeness (QED) is 0.591. The molecule has 2 aliphatic rings. The van der Waals surface area contributed by atoms with Gasteiger partial charge in [0.1, 0.15) is 5.82 Å². The zero-order chi connectivity index (χ0) is 22.8. The van der Waals surface area contributed by atoms with Crippen LogP contribution in [0.3, 0.4) is 0 Å². The van der Waals surface area contributed by atoms with Gasteiger partial charge in [-0.05, 0) is 55.5 Å². The van der Waals surface area contributed by atoms with E-state index < -0.39 is 0 Å². The third-order valence-electron chi connectivity index (χ3n) is 6.94. The van der Waals surface area contributed by atoms with Gasteiger partial charge in [0.25, 0.3) is 0 Å². The summed E-state index contributed by atoms with van der Waals surface area (Å²) in [4.78, 5) is 19.1. The van der Waals surface area contributed by atoms with Gasteiger partial charge in [-0.3, -0.25) is 4.79 Å². The van der Waals surface area contributed by atoms with Gasteiger partial charge in [-0.15, -0.1) is 0 Å². The molecule has 6 nitrogen and oxygen atoms in total. The molecule has 5 rings (SSSR count). The van der Waals surface area contributed by atoms with Crippen LogP contribution in [0.4, 0.5) is 11.4 Å². The number of anilines is 2. The zero-order valence-electron chi connectivity index (χ0n) is 19.6. The second-order valence-corrected chi connectivity index (χ2v) is 9.15. The molecule has 3 aromatic rings. The van der Waals surface area contributed by atoms with Gasteiger partial charge in [-0.1, -0.05) is 37.3 Å². The number of carbonyl (C=O) groups excluding carboxylic acids is 1. The fourth-order valence-electron chi connectivity index (χ4n) is 5.20. The first-order chi connectivity index (χ1) is 16.1. The molecule has 2 aromatic carbocycles. The molecule has 1 aromatic heterocycles. The minimum atomic E-state index is 0.168. The van der Waals surface area contributed by atoms with E-state index in [0.29, 0.717) is 6.42 Å². The maximum Gasteiger partial charge on any atom is 0.226 e. The Bertz CT molecular complexity index is 1120. The summed E-state index contributed by atoms with van der Waals surface area (Å²) in [5, 5.41) is 7.10. The molecule has 0 aliphatic carbocycles. The molecule has 0 spiro atoms. The van der Waals surface area contributed by atoms with Crippen molar-refractivity contribution in [3.05, 3.63) is 77.4 Å². The fraction of sp³-hybridized carbons (Fsp3) is 0.407. The van der Waals surface area contributed by atoms with E-state index in [2.05, 4.69) is 69.6 Å². The number of amides is 1. The van der Waals surface area contributed by atoms with Crippen LogP contribution in [0, 0.1) is 0 Å². The SMILES string of the molecule is CCC(=O)N1c2ccccc2[C@H](Nc2ccc(CCc3cnc4n3CCNC4)cc2)C[C@@H]1C. The van der Waals surface area contributed by atoms with Gasteiger partial charge in [0.15, 0.2) is 0 Å². The summed E-state index contributed by atoms with van der Waals surface area (Å²) in [5.74, 6) is 1.34. The largest absolute Gasteiger partial charge is 0.378 e. The summed E-state index contributed by atoms with van der Waals surface area (Å²) >= 11 is 0. The molecular formula is C27H33N5O. The second-order valence-electron chi connectivity index (χ2n) is 9.15. The molecule has 0 saturated carbocycles. The third-order valence-corrected chi connectivity index (χ3v) is 6.94. The van der Waals surface area contributed by atoms with E-state index in [1.54, 1.807) is 0 Å². The summed E-state index contributed by atoms with van der Waals surface area (Å²) in [6.45, 7) is 6.97. The predicted octanol–water partition coefficient (Wildman–Crippen LogP) is 4.46. The minimum Gasteiger partial charge on any atom is -0.378 e. The zero-order valence-corrected chi connectivity index (χ0v) is 19.6. The average molecular weight is 444 g/mol. The number of hydrogen-bond acceptors (Lipinski definition) is 4. The van der Waals surface area contributed by atoms with Crippen LogP contribution in [-0.2, 0) is 30.7 Å². The van der Waals surface area contributed by atoms with Crippen molar-refractivity contribution in [3.8, 4) is 0 Å². The standard InChI is InChI=1S/C27H33N5O/c1-3-27(33)32-19(2)16-24(23-6-4-5-7-25(23)32)30-21-11-8-20(9-12-21)10-13-22-17-29-26-18-28-14-15-31(22)26/h4-9,11-12,17,19,24,28,30H,3,10,13-16,18H2,1-2H3/t19-,24+/m0/s1. The Balaban J connectivity index is 1.26. The van der Waals surface area contributed by atoms with E-state index in [1.807, 2.05) is 24.1 Å². The number of carbonyl (C=O) groups is 1. The van der Waals surface area contributed by atoms with Gasteiger partial charge in [0, 0.05) is 48.8 Å². The Kier molecular flexibility index (Phi) is 6.18. The molecule has 0 radical (unpaired) electrons. The van der Waals surface area contributed by atoms with Crippen LogP contribution >= 0.6 is 0 Å². The van der Waals surface area contributed by atoms with Crippen LogP contribution in [0.25, 0.3) is 0 Å². The average Bonchev–Trinajstić information content (AvgIpc) is 3.26. The highest BCUT2D eigenvalue weighted by Gasteiger charge is 2.32. The highest BCUT2D eigenvalue weighted by atomic mass is 16.2. The van der Waals surface area contributed by atoms with Crippen molar-refractivity contribution in [1.29, 1.82) is 0 Å². The first-order valence-corrected chi connectivity index (χ1v) is 12.1. The van der Waals surface area contributed by atoms with Gasteiger partial charge >= 0.3 is 0 Å². The Labute approximate surface area is 196 Å². The minimum absolute atomic E-state index is 0.168. The summed E-state index contributed by atoms with van der Waals surface area (Å²) in [6, 6.07) is 17.5. The molecule has 33 heavy (non-hydrogen) atoms. The number of rotatable bonds is 6. The van der Waals surface area contributed by atoms with Crippen LogP contribution in [0.1, 0.15) is 55.4 Å². The predicted molar refractivity (Wildman–Crippen MR) is 132 cm³/mol. The molecule has 1 amide bonds. The van der Waals surface area contributed by atoms with Crippen LogP contribution in [0.15, 0.2) is 54.7 Å². The molecule has 2 aliphatic heterocycles. The van der Waals surface area contributed by atoms with Gasteiger partial charge in [0.2, 0.25) is 5.91 Å². The van der Waals surface area contributed by atoms with E-state index in [9.17, 15) is 4.79 Å². The van der Waals surface area contributed by atoms with Gasteiger partial charge in [0.05, 0.1) is 12.6 Å². The van der Waals surface area contributed by atoms with Crippen LogP contribution in [0.5, 0.6) is 0 Å². The number of nitrogens with one attached hydrogen (secondary N) is 2. The lowest BCUT2D eigenvalue weighted by molar-refractivity contribution is -0.118. The lowest BCUT2D eigenvalue weighted by Gasteiger charge is -2.40. The van der Waals surface area contributed by atoms with Crippen molar-refractivity contribution in [1.82, 2.24) is 14.9 Å². The van der Waals surface area contributed by atoms with Crippen LogP contribution in [0.2, 0.25) is 0 Å². The number of nitrogens with zero attached hydrogens (tertiary/aromatic N) is 3. The van der Waals surface area contributed by atoms with Crippen molar-refractivity contribution >= 4 is 17.3 Å². The highest BCUT2D eigenvalue weighted by Crippen LogP contribution is 2.39. The number of para-hydroxylation sites is 1. The normalized spacial score (nSPS) is 19.6. The molecule has 0 unspecified atom stereocenters. The van der Waals surface area contributed by atoms with Gasteiger partial charge < -0.3 is 20.1 Å². The van der Waals surface area contributed by atoms with Gasteiger partial charge in [-0.25, -0.2) is 4.98 Å². The maximum absolute atomic E-state index is 12.6. The van der Waals surface area contributed by atoms with E-state index in [4.69, 9.17) is 0 Å². The molecule has 3 heterocycles. The van der Waals surface area contributed by atoms with Crippen LogP contribution < -0.4 is 15.5 Å².